The van der Waals surface area contributed by atoms with E-state index in [0.29, 0.717) is 0 Å². The maximum Gasteiger partial charge on any atom is 0.0561 e. The Kier molecular flexibility index (Phi) is 3.66. The molecule has 94 valence electrons. The van der Waals surface area contributed by atoms with Gasteiger partial charge in [-0.2, -0.15) is 0 Å². The molecule has 1 atom stereocenters. The molecule has 1 N–H and O–H groups in total. The smallest absolute Gasteiger partial charge is 0.0561 e. The van der Waals surface area contributed by atoms with Crippen molar-refractivity contribution in [1.82, 2.24) is 4.98 Å². The first-order chi connectivity index (χ1) is 8.58. The van der Waals surface area contributed by atoms with Crippen molar-refractivity contribution >= 4 is 5.69 Å². The molecule has 0 bridgehead atoms. The number of rotatable bonds is 3. The van der Waals surface area contributed by atoms with Crippen LogP contribution in [0.4, 0.5) is 5.69 Å². The number of hydrogen-bond acceptors (Lipinski definition) is 2. The first-order valence-corrected chi connectivity index (χ1v) is 6.32. The van der Waals surface area contributed by atoms with Crippen molar-refractivity contribution in [3.05, 3.63) is 58.9 Å². The number of pyridine rings is 1. The fourth-order valence-corrected chi connectivity index (χ4v) is 2.24. The SMILES string of the molecule is Cc1ccc(C(C)Nc2cnccc2C)c(C)c1. The Hall–Kier alpha value is -1.83. The molecule has 1 aromatic heterocycles. The topological polar surface area (TPSA) is 24.9 Å². The summed E-state index contributed by atoms with van der Waals surface area (Å²) in [5.41, 5.74) is 6.30. The van der Waals surface area contributed by atoms with E-state index in [-0.39, 0.29) is 6.04 Å². The highest BCUT2D eigenvalue weighted by Gasteiger charge is 2.09. The van der Waals surface area contributed by atoms with Crippen molar-refractivity contribution in [2.24, 2.45) is 0 Å². The molecule has 0 fully saturated rings. The van der Waals surface area contributed by atoms with E-state index in [4.69, 9.17) is 0 Å². The van der Waals surface area contributed by atoms with E-state index in [1.165, 1.54) is 22.3 Å². The predicted octanol–water partition coefficient (Wildman–Crippen LogP) is 4.18. The van der Waals surface area contributed by atoms with E-state index < -0.39 is 0 Å². The summed E-state index contributed by atoms with van der Waals surface area (Å²) in [6.07, 6.45) is 3.71. The van der Waals surface area contributed by atoms with Crippen molar-refractivity contribution in [1.29, 1.82) is 0 Å². The Morgan fingerprint density at radius 1 is 1.06 bits per heavy atom. The van der Waals surface area contributed by atoms with E-state index in [1.54, 1.807) is 0 Å². The lowest BCUT2D eigenvalue weighted by Crippen LogP contribution is -2.09. The molecule has 1 aromatic carbocycles. The molecule has 0 amide bonds. The monoisotopic (exact) mass is 240 g/mol. The third kappa shape index (κ3) is 2.70. The van der Waals surface area contributed by atoms with E-state index in [0.717, 1.165) is 5.69 Å². The largest absolute Gasteiger partial charge is 0.377 e. The van der Waals surface area contributed by atoms with Gasteiger partial charge in [0.05, 0.1) is 11.9 Å². The number of anilines is 1. The Labute approximate surface area is 109 Å². The maximum absolute atomic E-state index is 4.17. The molecular formula is C16H20N2. The average Bonchev–Trinajstić information content (AvgIpc) is 2.32. The van der Waals surface area contributed by atoms with Crippen LogP contribution in [0.1, 0.15) is 35.2 Å². The molecule has 2 nitrogen and oxygen atoms in total. The number of aromatic nitrogens is 1. The maximum atomic E-state index is 4.17. The van der Waals surface area contributed by atoms with Crippen LogP contribution in [0.3, 0.4) is 0 Å². The molecule has 0 saturated heterocycles. The number of aryl methyl sites for hydroxylation is 3. The summed E-state index contributed by atoms with van der Waals surface area (Å²) in [4.78, 5) is 4.17. The molecule has 2 heteroatoms. The van der Waals surface area contributed by atoms with Crippen LogP contribution >= 0.6 is 0 Å². The third-order valence-electron chi connectivity index (χ3n) is 3.30. The predicted molar refractivity (Wildman–Crippen MR) is 76.9 cm³/mol. The molecule has 0 radical (unpaired) electrons. The van der Waals surface area contributed by atoms with Crippen LogP contribution in [0.5, 0.6) is 0 Å². The molecule has 18 heavy (non-hydrogen) atoms. The first kappa shape index (κ1) is 12.6. The van der Waals surface area contributed by atoms with Crippen LogP contribution in [0.25, 0.3) is 0 Å². The average molecular weight is 240 g/mol. The standard InChI is InChI=1S/C16H20N2/c1-11-5-6-15(13(3)9-11)14(4)18-16-10-17-8-7-12(16)2/h5-10,14,18H,1-4H3. The quantitative estimate of drug-likeness (QED) is 0.870. The zero-order valence-corrected chi connectivity index (χ0v) is 11.5. The zero-order chi connectivity index (χ0) is 13.1. The molecule has 0 aliphatic heterocycles. The zero-order valence-electron chi connectivity index (χ0n) is 11.5. The lowest BCUT2D eigenvalue weighted by atomic mass is 10.00. The van der Waals surface area contributed by atoms with Crippen molar-refractivity contribution in [3.8, 4) is 0 Å². The Bertz CT molecular complexity index is 547. The van der Waals surface area contributed by atoms with Crippen LogP contribution in [-0.4, -0.2) is 4.98 Å². The summed E-state index contributed by atoms with van der Waals surface area (Å²) >= 11 is 0. The minimum absolute atomic E-state index is 0.286. The van der Waals surface area contributed by atoms with Gasteiger partial charge in [-0.05, 0) is 50.5 Å². The Balaban J connectivity index is 2.22. The second-order valence-electron chi connectivity index (χ2n) is 4.92. The fourth-order valence-electron chi connectivity index (χ4n) is 2.24. The highest BCUT2D eigenvalue weighted by Crippen LogP contribution is 2.24. The minimum Gasteiger partial charge on any atom is -0.377 e. The Morgan fingerprint density at radius 2 is 1.83 bits per heavy atom. The highest BCUT2D eigenvalue weighted by molar-refractivity contribution is 5.50. The van der Waals surface area contributed by atoms with Crippen molar-refractivity contribution in [2.75, 3.05) is 5.32 Å². The van der Waals surface area contributed by atoms with E-state index in [1.807, 2.05) is 18.5 Å². The van der Waals surface area contributed by atoms with Crippen molar-refractivity contribution in [3.63, 3.8) is 0 Å². The molecule has 0 aliphatic carbocycles. The van der Waals surface area contributed by atoms with Crippen LogP contribution < -0.4 is 5.32 Å². The van der Waals surface area contributed by atoms with E-state index in [9.17, 15) is 0 Å². The molecule has 1 heterocycles. The van der Waals surface area contributed by atoms with Gasteiger partial charge in [-0.15, -0.1) is 0 Å². The summed E-state index contributed by atoms with van der Waals surface area (Å²) in [6.45, 7) is 8.57. The third-order valence-corrected chi connectivity index (χ3v) is 3.30. The van der Waals surface area contributed by atoms with Gasteiger partial charge in [0.1, 0.15) is 0 Å². The summed E-state index contributed by atoms with van der Waals surface area (Å²) < 4.78 is 0. The minimum atomic E-state index is 0.286. The van der Waals surface area contributed by atoms with Gasteiger partial charge in [-0.1, -0.05) is 23.8 Å². The van der Waals surface area contributed by atoms with Crippen molar-refractivity contribution in [2.45, 2.75) is 33.7 Å². The molecule has 1 unspecified atom stereocenters. The molecule has 2 rings (SSSR count). The van der Waals surface area contributed by atoms with Crippen molar-refractivity contribution < 1.29 is 0 Å². The van der Waals surface area contributed by atoms with E-state index in [2.05, 4.69) is 56.2 Å². The molecule has 2 aromatic rings. The summed E-state index contributed by atoms with van der Waals surface area (Å²) in [7, 11) is 0. The molecule has 0 spiro atoms. The second kappa shape index (κ2) is 5.21. The van der Waals surface area contributed by atoms with Crippen LogP contribution in [0, 0.1) is 20.8 Å². The van der Waals surface area contributed by atoms with Gasteiger partial charge in [0.2, 0.25) is 0 Å². The molecule has 0 aliphatic rings. The van der Waals surface area contributed by atoms with Gasteiger partial charge in [-0.3, -0.25) is 4.98 Å². The number of nitrogens with zero attached hydrogens (tertiary/aromatic N) is 1. The van der Waals surface area contributed by atoms with Gasteiger partial charge in [0, 0.05) is 12.2 Å². The fraction of sp³-hybridized carbons (Fsp3) is 0.312. The first-order valence-electron chi connectivity index (χ1n) is 6.32. The number of nitrogens with one attached hydrogen (secondary N) is 1. The number of hydrogen-bond donors (Lipinski definition) is 1. The van der Waals surface area contributed by atoms with E-state index >= 15 is 0 Å². The Morgan fingerprint density at radius 3 is 2.50 bits per heavy atom. The number of benzene rings is 1. The lowest BCUT2D eigenvalue weighted by molar-refractivity contribution is 0.869. The molecular weight excluding hydrogens is 220 g/mol. The van der Waals surface area contributed by atoms with Crippen LogP contribution in [-0.2, 0) is 0 Å². The normalized spacial score (nSPS) is 12.2. The van der Waals surface area contributed by atoms with Gasteiger partial charge in [-0.25, -0.2) is 0 Å². The summed E-state index contributed by atoms with van der Waals surface area (Å²) in [6, 6.07) is 8.90. The summed E-state index contributed by atoms with van der Waals surface area (Å²) in [5.74, 6) is 0. The van der Waals surface area contributed by atoms with Crippen LogP contribution in [0.2, 0.25) is 0 Å². The van der Waals surface area contributed by atoms with Gasteiger partial charge in [0.25, 0.3) is 0 Å². The van der Waals surface area contributed by atoms with Gasteiger partial charge < -0.3 is 5.32 Å². The lowest BCUT2D eigenvalue weighted by Gasteiger charge is -2.19. The van der Waals surface area contributed by atoms with Crippen LogP contribution in [0.15, 0.2) is 36.7 Å². The van der Waals surface area contributed by atoms with Gasteiger partial charge >= 0.3 is 0 Å². The second-order valence-corrected chi connectivity index (χ2v) is 4.92. The highest BCUT2D eigenvalue weighted by atomic mass is 14.9. The molecule has 0 saturated carbocycles. The van der Waals surface area contributed by atoms with Gasteiger partial charge in [0.15, 0.2) is 0 Å². The summed E-state index contributed by atoms with van der Waals surface area (Å²) in [5, 5.41) is 3.52.